The molecule has 130 valence electrons. The largest absolute Gasteiger partial charge is 0.468 e. The number of rotatable bonds is 5. The first kappa shape index (κ1) is 15.9. The van der Waals surface area contributed by atoms with Gasteiger partial charge in [-0.3, -0.25) is 0 Å². The Morgan fingerprint density at radius 2 is 2.00 bits per heavy atom. The van der Waals surface area contributed by atoms with E-state index in [0.29, 0.717) is 24.3 Å². The molecule has 0 spiro atoms. The molecule has 1 N–H and O–H groups in total. The van der Waals surface area contributed by atoms with Crippen LogP contribution in [0.5, 0.6) is 6.01 Å². The summed E-state index contributed by atoms with van der Waals surface area (Å²) in [5, 5.41) is 11.2. The molecule has 0 fully saturated rings. The van der Waals surface area contributed by atoms with Crippen LogP contribution >= 0.6 is 0 Å². The summed E-state index contributed by atoms with van der Waals surface area (Å²) in [5.74, 6) is 0.569. The van der Waals surface area contributed by atoms with Gasteiger partial charge in [0, 0.05) is 6.54 Å². The number of halogens is 1. The van der Waals surface area contributed by atoms with Crippen LogP contribution in [0, 0.1) is 5.82 Å². The van der Waals surface area contributed by atoms with Crippen molar-refractivity contribution in [3.63, 3.8) is 0 Å². The van der Waals surface area contributed by atoms with Crippen LogP contribution in [0.4, 0.5) is 10.2 Å². The van der Waals surface area contributed by atoms with E-state index in [1.807, 2.05) is 30.3 Å². The lowest BCUT2D eigenvalue weighted by Crippen LogP contribution is -2.08. The molecule has 0 aliphatic rings. The van der Waals surface area contributed by atoms with Gasteiger partial charge in [0.25, 0.3) is 5.95 Å². The average Bonchev–Trinajstić information content (AvgIpc) is 3.05. The van der Waals surface area contributed by atoms with E-state index in [2.05, 4.69) is 25.5 Å². The third-order valence-electron chi connectivity index (χ3n) is 3.82. The van der Waals surface area contributed by atoms with Crippen molar-refractivity contribution in [2.45, 2.75) is 6.54 Å². The standard InChI is InChI=1S/C18H15FN6O/c1-26-18-22-14-7-2-3-8-15(14)25(18)17-23-16(11-21-24-17)20-10-12-5-4-6-13(19)9-12/h2-9,11H,10H2,1H3,(H,20,23,24). The molecule has 0 bridgehead atoms. The van der Waals surface area contributed by atoms with Crippen molar-refractivity contribution >= 4 is 16.9 Å². The van der Waals surface area contributed by atoms with Gasteiger partial charge < -0.3 is 10.1 Å². The Bertz CT molecular complexity index is 1060. The molecule has 26 heavy (non-hydrogen) atoms. The molecule has 8 heteroatoms. The van der Waals surface area contributed by atoms with Gasteiger partial charge in [-0.05, 0) is 29.8 Å². The highest BCUT2D eigenvalue weighted by atomic mass is 19.1. The zero-order chi connectivity index (χ0) is 17.9. The van der Waals surface area contributed by atoms with E-state index in [1.54, 1.807) is 10.6 Å². The van der Waals surface area contributed by atoms with Crippen LogP contribution in [-0.4, -0.2) is 31.8 Å². The summed E-state index contributed by atoms with van der Waals surface area (Å²) in [7, 11) is 1.54. The van der Waals surface area contributed by atoms with E-state index in [4.69, 9.17) is 4.74 Å². The lowest BCUT2D eigenvalue weighted by atomic mass is 10.2. The number of hydrogen-bond donors (Lipinski definition) is 1. The molecule has 2 aromatic carbocycles. The van der Waals surface area contributed by atoms with Crippen LogP contribution in [0.15, 0.2) is 54.7 Å². The van der Waals surface area contributed by atoms with Gasteiger partial charge in [-0.1, -0.05) is 24.3 Å². The number of para-hydroxylation sites is 2. The molecular weight excluding hydrogens is 335 g/mol. The zero-order valence-corrected chi connectivity index (χ0v) is 13.9. The first-order chi connectivity index (χ1) is 12.7. The van der Waals surface area contributed by atoms with Gasteiger partial charge in [0.15, 0.2) is 5.82 Å². The van der Waals surface area contributed by atoms with Crippen molar-refractivity contribution in [2.75, 3.05) is 12.4 Å². The number of benzene rings is 2. The van der Waals surface area contributed by atoms with E-state index in [1.165, 1.54) is 25.4 Å². The fourth-order valence-corrected chi connectivity index (χ4v) is 2.65. The van der Waals surface area contributed by atoms with Crippen molar-refractivity contribution in [2.24, 2.45) is 0 Å². The van der Waals surface area contributed by atoms with Crippen LogP contribution in [0.2, 0.25) is 0 Å². The Kier molecular flexibility index (Phi) is 4.14. The molecule has 4 rings (SSSR count). The van der Waals surface area contributed by atoms with Gasteiger partial charge in [-0.15, -0.1) is 5.10 Å². The minimum atomic E-state index is -0.277. The molecule has 0 aliphatic heterocycles. The second-order valence-corrected chi connectivity index (χ2v) is 5.55. The maximum atomic E-state index is 13.3. The highest BCUT2D eigenvalue weighted by Crippen LogP contribution is 2.24. The van der Waals surface area contributed by atoms with Gasteiger partial charge in [-0.25, -0.2) is 8.96 Å². The Morgan fingerprint density at radius 3 is 2.85 bits per heavy atom. The third-order valence-corrected chi connectivity index (χ3v) is 3.82. The number of nitrogens with zero attached hydrogens (tertiary/aromatic N) is 5. The van der Waals surface area contributed by atoms with Gasteiger partial charge >= 0.3 is 6.01 Å². The van der Waals surface area contributed by atoms with E-state index >= 15 is 0 Å². The smallest absolute Gasteiger partial charge is 0.304 e. The second kappa shape index (κ2) is 6.75. The first-order valence-corrected chi connectivity index (χ1v) is 7.94. The average molecular weight is 350 g/mol. The summed E-state index contributed by atoms with van der Waals surface area (Å²) in [4.78, 5) is 8.89. The maximum Gasteiger partial charge on any atom is 0.304 e. The molecule has 4 aromatic rings. The van der Waals surface area contributed by atoms with Crippen LogP contribution in [0.25, 0.3) is 17.0 Å². The summed E-state index contributed by atoms with van der Waals surface area (Å²) < 4.78 is 20.3. The number of nitrogens with one attached hydrogen (secondary N) is 1. The number of anilines is 1. The molecule has 0 unspecified atom stereocenters. The molecule has 0 radical (unpaired) electrons. The number of hydrogen-bond acceptors (Lipinski definition) is 6. The first-order valence-electron chi connectivity index (χ1n) is 7.94. The molecule has 2 heterocycles. The number of methoxy groups -OCH3 is 1. The van der Waals surface area contributed by atoms with Crippen molar-refractivity contribution in [3.8, 4) is 12.0 Å². The Labute approximate surface area is 148 Å². The summed E-state index contributed by atoms with van der Waals surface area (Å²) in [6.07, 6.45) is 1.51. The Balaban J connectivity index is 1.66. The minimum absolute atomic E-state index is 0.277. The SMILES string of the molecule is COc1nc2ccccc2n1-c1nncc(NCc2cccc(F)c2)n1. The lowest BCUT2D eigenvalue weighted by molar-refractivity contribution is 0.374. The minimum Gasteiger partial charge on any atom is -0.468 e. The van der Waals surface area contributed by atoms with Crippen molar-refractivity contribution < 1.29 is 9.13 Å². The van der Waals surface area contributed by atoms with Gasteiger partial charge in [0.1, 0.15) is 5.82 Å². The molecule has 0 amide bonds. The number of fused-ring (bicyclic) bond motifs is 1. The van der Waals surface area contributed by atoms with Crippen molar-refractivity contribution in [3.05, 3.63) is 66.1 Å². The maximum absolute atomic E-state index is 13.3. The van der Waals surface area contributed by atoms with E-state index < -0.39 is 0 Å². The monoisotopic (exact) mass is 350 g/mol. The molecule has 0 saturated carbocycles. The van der Waals surface area contributed by atoms with E-state index in [-0.39, 0.29) is 5.82 Å². The van der Waals surface area contributed by atoms with E-state index in [0.717, 1.165) is 16.6 Å². The van der Waals surface area contributed by atoms with Crippen LogP contribution in [0.3, 0.4) is 0 Å². The van der Waals surface area contributed by atoms with Crippen LogP contribution in [0.1, 0.15) is 5.56 Å². The predicted molar refractivity (Wildman–Crippen MR) is 94.7 cm³/mol. The zero-order valence-electron chi connectivity index (χ0n) is 13.9. The fourth-order valence-electron chi connectivity index (χ4n) is 2.65. The number of ether oxygens (including phenoxy) is 1. The fraction of sp³-hybridized carbons (Fsp3) is 0.111. The van der Waals surface area contributed by atoms with E-state index in [9.17, 15) is 4.39 Å². The normalized spacial score (nSPS) is 10.8. The molecule has 0 atom stereocenters. The van der Waals surface area contributed by atoms with Gasteiger partial charge in [0.05, 0.1) is 24.3 Å². The van der Waals surface area contributed by atoms with Crippen LogP contribution in [-0.2, 0) is 6.54 Å². The Morgan fingerprint density at radius 1 is 1.12 bits per heavy atom. The predicted octanol–water partition coefficient (Wildman–Crippen LogP) is 2.97. The second-order valence-electron chi connectivity index (χ2n) is 5.55. The summed E-state index contributed by atoms with van der Waals surface area (Å²) in [6.45, 7) is 0.414. The lowest BCUT2D eigenvalue weighted by Gasteiger charge is -2.08. The number of aromatic nitrogens is 5. The summed E-state index contributed by atoms with van der Waals surface area (Å²) in [5.41, 5.74) is 2.38. The van der Waals surface area contributed by atoms with Crippen LogP contribution < -0.4 is 10.1 Å². The topological polar surface area (TPSA) is 77.8 Å². The highest BCUT2D eigenvalue weighted by Gasteiger charge is 2.15. The molecule has 2 aromatic heterocycles. The number of imidazole rings is 1. The van der Waals surface area contributed by atoms with Gasteiger partial charge in [-0.2, -0.15) is 15.1 Å². The molecule has 0 aliphatic carbocycles. The Hall–Kier alpha value is -3.55. The summed E-state index contributed by atoms with van der Waals surface area (Å²) in [6, 6.07) is 14.3. The third kappa shape index (κ3) is 3.04. The van der Waals surface area contributed by atoms with Crippen molar-refractivity contribution in [1.82, 2.24) is 24.7 Å². The molecule has 7 nitrogen and oxygen atoms in total. The highest BCUT2D eigenvalue weighted by molar-refractivity contribution is 5.78. The van der Waals surface area contributed by atoms with Gasteiger partial charge in [0.2, 0.25) is 0 Å². The molecular formula is C18H15FN6O. The molecule has 0 saturated heterocycles. The summed E-state index contributed by atoms with van der Waals surface area (Å²) >= 11 is 0. The quantitative estimate of drug-likeness (QED) is 0.596. The van der Waals surface area contributed by atoms with Crippen molar-refractivity contribution in [1.29, 1.82) is 0 Å².